The minimum absolute atomic E-state index is 0.0730. The quantitative estimate of drug-likeness (QED) is 0.427. The number of sulfone groups is 1. The van der Waals surface area contributed by atoms with E-state index in [1.54, 1.807) is 20.8 Å². The molecule has 0 N–H and O–H groups in total. The maximum absolute atomic E-state index is 13.4. The van der Waals surface area contributed by atoms with Crippen LogP contribution >= 0.6 is 11.6 Å². The summed E-state index contributed by atoms with van der Waals surface area (Å²) in [5, 5.41) is 0.751. The molecule has 1 aromatic carbocycles. The van der Waals surface area contributed by atoms with Crippen molar-refractivity contribution in [3.8, 4) is 0 Å². The molecule has 1 saturated heterocycles. The fraction of sp³-hybridized carbons (Fsp3) is 0.741. The van der Waals surface area contributed by atoms with Gasteiger partial charge in [-0.1, -0.05) is 44.0 Å². The van der Waals surface area contributed by atoms with Crippen molar-refractivity contribution in [1.82, 2.24) is 4.90 Å². The van der Waals surface area contributed by atoms with Gasteiger partial charge in [0, 0.05) is 24.5 Å². The van der Waals surface area contributed by atoms with Crippen LogP contribution in [0.1, 0.15) is 85.1 Å². The molecule has 1 atom stereocenters. The van der Waals surface area contributed by atoms with Gasteiger partial charge >= 0.3 is 0 Å². The highest BCUT2D eigenvalue weighted by Crippen LogP contribution is 2.52. The second-order valence-corrected chi connectivity index (χ2v) is 15.0. The first kappa shape index (κ1) is 26.5. The largest absolute Gasteiger partial charge is 0.343 e. The van der Waals surface area contributed by atoms with Crippen molar-refractivity contribution in [2.75, 3.05) is 18.8 Å². The molecule has 33 heavy (non-hydrogen) atoms. The third-order valence-corrected chi connectivity index (χ3v) is 11.0. The zero-order chi connectivity index (χ0) is 24.4. The summed E-state index contributed by atoms with van der Waals surface area (Å²) in [5.74, 6) is 1.46. The number of likely N-dealkylation sites (tertiary alicyclic amines) is 1. The Labute approximate surface area is 206 Å². The first-order chi connectivity index (χ1) is 15.3. The van der Waals surface area contributed by atoms with Crippen molar-refractivity contribution in [2.24, 2.45) is 17.8 Å². The van der Waals surface area contributed by atoms with Gasteiger partial charge in [-0.25, -0.2) is 8.42 Å². The minimum atomic E-state index is -3.13. The predicted molar refractivity (Wildman–Crippen MR) is 137 cm³/mol. The van der Waals surface area contributed by atoms with Crippen LogP contribution in [0.2, 0.25) is 5.02 Å². The van der Waals surface area contributed by atoms with E-state index in [1.807, 2.05) is 17.0 Å². The van der Waals surface area contributed by atoms with E-state index in [2.05, 4.69) is 26.0 Å². The van der Waals surface area contributed by atoms with Gasteiger partial charge in [-0.2, -0.15) is 0 Å². The number of carbonyl (C=O) groups excluding carboxylic acids is 1. The van der Waals surface area contributed by atoms with Gasteiger partial charge in [0.1, 0.15) is 0 Å². The minimum Gasteiger partial charge on any atom is -0.343 e. The number of hydrogen-bond donors (Lipinski definition) is 0. The lowest BCUT2D eigenvalue weighted by Crippen LogP contribution is -2.47. The molecule has 6 heteroatoms. The van der Waals surface area contributed by atoms with Gasteiger partial charge in [0.2, 0.25) is 5.91 Å². The Kier molecular flexibility index (Phi) is 8.26. The average Bonchev–Trinajstić information content (AvgIpc) is 2.67. The molecule has 2 aliphatic rings. The molecule has 1 unspecified atom stereocenters. The highest BCUT2D eigenvalue weighted by molar-refractivity contribution is 7.92. The third-order valence-electron chi connectivity index (χ3n) is 7.98. The van der Waals surface area contributed by atoms with Gasteiger partial charge in [-0.05, 0) is 93.7 Å². The molecule has 0 spiro atoms. The molecule has 186 valence electrons. The van der Waals surface area contributed by atoms with Gasteiger partial charge in [-0.15, -0.1) is 0 Å². The van der Waals surface area contributed by atoms with Gasteiger partial charge in [0.25, 0.3) is 0 Å². The van der Waals surface area contributed by atoms with E-state index in [-0.39, 0.29) is 23.0 Å². The van der Waals surface area contributed by atoms with E-state index < -0.39 is 14.6 Å². The molecular weight excluding hydrogens is 454 g/mol. The summed E-state index contributed by atoms with van der Waals surface area (Å²) in [6.07, 6.45) is 6.63. The molecular formula is C27H42ClNO3S. The van der Waals surface area contributed by atoms with Crippen LogP contribution in [0.4, 0.5) is 0 Å². The monoisotopic (exact) mass is 495 g/mol. The first-order valence-electron chi connectivity index (χ1n) is 12.6. The van der Waals surface area contributed by atoms with E-state index in [0.717, 1.165) is 37.1 Å². The van der Waals surface area contributed by atoms with Crippen molar-refractivity contribution < 1.29 is 13.2 Å². The highest BCUT2D eigenvalue weighted by Gasteiger charge is 2.46. The molecule has 4 nitrogen and oxygen atoms in total. The molecule has 2 fully saturated rings. The lowest BCUT2D eigenvalue weighted by atomic mass is 9.55. The maximum Gasteiger partial charge on any atom is 0.222 e. The van der Waals surface area contributed by atoms with Crippen LogP contribution < -0.4 is 0 Å². The topological polar surface area (TPSA) is 54.5 Å². The molecule has 1 aromatic rings. The fourth-order valence-corrected chi connectivity index (χ4v) is 7.17. The maximum atomic E-state index is 13.4. The number of halogens is 1. The lowest BCUT2D eigenvalue weighted by Gasteiger charge is -2.49. The summed E-state index contributed by atoms with van der Waals surface area (Å²) >= 11 is 6.15. The SMILES string of the molecule is CC(C)CC(CC(=O)N1CCC(CS(=O)(=O)C(C)(C)C)CC1)C1(c2ccc(Cl)cc2)CCC1. The summed E-state index contributed by atoms with van der Waals surface area (Å²) in [4.78, 5) is 15.4. The smallest absolute Gasteiger partial charge is 0.222 e. The van der Waals surface area contributed by atoms with Crippen LogP contribution in [-0.4, -0.2) is 42.8 Å². The van der Waals surface area contributed by atoms with Gasteiger partial charge in [0.05, 0.1) is 10.5 Å². The van der Waals surface area contributed by atoms with Crippen LogP contribution in [0.15, 0.2) is 24.3 Å². The van der Waals surface area contributed by atoms with Crippen LogP contribution in [0, 0.1) is 17.8 Å². The van der Waals surface area contributed by atoms with Crippen LogP contribution in [0.3, 0.4) is 0 Å². The van der Waals surface area contributed by atoms with E-state index in [0.29, 0.717) is 31.3 Å². The second kappa shape index (κ2) is 10.3. The number of amides is 1. The van der Waals surface area contributed by atoms with Crippen LogP contribution in [0.25, 0.3) is 0 Å². The Morgan fingerprint density at radius 3 is 2.15 bits per heavy atom. The standard InChI is InChI=1S/C27H42ClNO3S/c1-20(2)17-23(27(13-6-14-27)22-7-9-24(28)10-8-22)18-25(30)29-15-11-21(12-16-29)19-33(31,32)26(3,4)5/h7-10,20-21,23H,6,11-19H2,1-5H3. The summed E-state index contributed by atoms with van der Waals surface area (Å²) in [7, 11) is -3.13. The van der Waals surface area contributed by atoms with Crippen molar-refractivity contribution in [1.29, 1.82) is 0 Å². The number of benzene rings is 1. The average molecular weight is 496 g/mol. The van der Waals surface area contributed by atoms with Crippen LogP contribution in [-0.2, 0) is 20.0 Å². The second-order valence-electron chi connectivity index (χ2n) is 11.8. The van der Waals surface area contributed by atoms with E-state index in [9.17, 15) is 13.2 Å². The van der Waals surface area contributed by atoms with Crippen molar-refractivity contribution in [2.45, 2.75) is 89.7 Å². The number of carbonyl (C=O) groups is 1. The fourth-order valence-electron chi connectivity index (χ4n) is 5.59. The summed E-state index contributed by atoms with van der Waals surface area (Å²) < 4.78 is 24.5. The summed E-state index contributed by atoms with van der Waals surface area (Å²) in [6, 6.07) is 8.25. The number of piperidine rings is 1. The Balaban J connectivity index is 1.66. The number of rotatable bonds is 8. The zero-order valence-corrected chi connectivity index (χ0v) is 22.6. The Hall–Kier alpha value is -1.07. The lowest BCUT2D eigenvalue weighted by molar-refractivity contribution is -0.134. The molecule has 0 radical (unpaired) electrons. The Morgan fingerprint density at radius 1 is 1.12 bits per heavy atom. The van der Waals surface area contributed by atoms with Gasteiger partial charge in [0.15, 0.2) is 9.84 Å². The summed E-state index contributed by atoms with van der Waals surface area (Å²) in [5.41, 5.74) is 1.39. The molecule has 1 heterocycles. The van der Waals surface area contributed by atoms with E-state index in [4.69, 9.17) is 11.6 Å². The third kappa shape index (κ3) is 6.14. The molecule has 1 aliphatic carbocycles. The zero-order valence-electron chi connectivity index (χ0n) is 21.1. The van der Waals surface area contributed by atoms with Crippen molar-refractivity contribution in [3.05, 3.63) is 34.9 Å². The Morgan fingerprint density at radius 2 is 1.70 bits per heavy atom. The van der Waals surface area contributed by atoms with Gasteiger partial charge in [-0.3, -0.25) is 4.79 Å². The molecule has 0 aromatic heterocycles. The number of nitrogens with zero attached hydrogens (tertiary/aromatic N) is 1. The molecule has 1 saturated carbocycles. The molecule has 1 amide bonds. The van der Waals surface area contributed by atoms with Gasteiger partial charge < -0.3 is 4.90 Å². The molecule has 3 rings (SSSR count). The van der Waals surface area contributed by atoms with Crippen LogP contribution in [0.5, 0.6) is 0 Å². The number of hydrogen-bond acceptors (Lipinski definition) is 3. The predicted octanol–water partition coefficient (Wildman–Crippen LogP) is 6.27. The highest BCUT2D eigenvalue weighted by atomic mass is 35.5. The van der Waals surface area contributed by atoms with Crippen molar-refractivity contribution in [3.63, 3.8) is 0 Å². The van der Waals surface area contributed by atoms with Crippen molar-refractivity contribution >= 4 is 27.3 Å². The first-order valence-corrected chi connectivity index (χ1v) is 14.6. The van der Waals surface area contributed by atoms with E-state index >= 15 is 0 Å². The summed E-state index contributed by atoms with van der Waals surface area (Å²) in [6.45, 7) is 11.1. The Bertz CT molecular complexity index is 906. The normalized spacial score (nSPS) is 20.5. The molecule has 1 aliphatic heterocycles. The molecule has 0 bridgehead atoms. The van der Waals surface area contributed by atoms with E-state index in [1.165, 1.54) is 12.0 Å².